The number of ether oxygens (including phenoxy) is 1. The highest BCUT2D eigenvalue weighted by Crippen LogP contribution is 2.27. The zero-order valence-electron chi connectivity index (χ0n) is 15.1. The Bertz CT molecular complexity index is 591. The first-order chi connectivity index (χ1) is 11.6. The topological polar surface area (TPSA) is 54.5 Å². The van der Waals surface area contributed by atoms with Gasteiger partial charge in [-0.1, -0.05) is 6.42 Å². The second-order valence-corrected chi connectivity index (χ2v) is 7.23. The second kappa shape index (κ2) is 7.51. The largest absolute Gasteiger partial charge is 0.496 e. The Kier molecular flexibility index (Phi) is 5.39. The number of pyridine rings is 1. The minimum absolute atomic E-state index is 0.278. The molecule has 1 saturated carbocycles. The summed E-state index contributed by atoms with van der Waals surface area (Å²) in [7, 11) is 1.72. The van der Waals surface area contributed by atoms with E-state index in [0.717, 1.165) is 67.9 Å². The molecule has 1 N–H and O–H groups in total. The molecule has 1 saturated heterocycles. The first-order valence-electron chi connectivity index (χ1n) is 9.10. The van der Waals surface area contributed by atoms with Gasteiger partial charge in [0.15, 0.2) is 0 Å². The number of nitrogens with zero attached hydrogens (tertiary/aromatic N) is 2. The lowest BCUT2D eigenvalue weighted by Crippen LogP contribution is -2.47. The van der Waals surface area contributed by atoms with Crippen LogP contribution in [0, 0.1) is 19.8 Å². The van der Waals surface area contributed by atoms with Crippen molar-refractivity contribution in [2.75, 3.05) is 20.2 Å². The lowest BCUT2D eigenvalue weighted by atomic mass is 9.84. The van der Waals surface area contributed by atoms with Crippen molar-refractivity contribution < 1.29 is 9.53 Å². The molecule has 5 heteroatoms. The van der Waals surface area contributed by atoms with E-state index in [9.17, 15) is 4.79 Å². The van der Waals surface area contributed by atoms with E-state index in [1.54, 1.807) is 7.11 Å². The Balaban J connectivity index is 1.51. The summed E-state index contributed by atoms with van der Waals surface area (Å²) in [6.45, 7) is 6.98. The monoisotopic (exact) mass is 331 g/mol. The highest BCUT2D eigenvalue weighted by Gasteiger charge is 2.28. The van der Waals surface area contributed by atoms with Gasteiger partial charge in [-0.05, 0) is 39.5 Å². The summed E-state index contributed by atoms with van der Waals surface area (Å²) >= 11 is 0. The molecule has 0 spiro atoms. The summed E-state index contributed by atoms with van der Waals surface area (Å²) < 4.78 is 5.50. The van der Waals surface area contributed by atoms with Crippen molar-refractivity contribution in [3.8, 4) is 5.75 Å². The van der Waals surface area contributed by atoms with Crippen molar-refractivity contribution >= 4 is 5.91 Å². The maximum absolute atomic E-state index is 12.1. The number of rotatable bonds is 5. The van der Waals surface area contributed by atoms with E-state index in [-0.39, 0.29) is 11.8 Å². The summed E-state index contributed by atoms with van der Waals surface area (Å²) in [5.74, 6) is 1.51. The molecular formula is C19H29N3O2. The average Bonchev–Trinajstić information content (AvgIpc) is 2.51. The molecule has 0 atom stereocenters. The third kappa shape index (κ3) is 3.72. The summed E-state index contributed by atoms with van der Waals surface area (Å²) in [6, 6.07) is 0.343. The molecule has 1 aliphatic carbocycles. The Morgan fingerprint density at radius 3 is 2.58 bits per heavy atom. The van der Waals surface area contributed by atoms with Gasteiger partial charge in [-0.25, -0.2) is 0 Å². The van der Waals surface area contributed by atoms with Crippen molar-refractivity contribution in [1.29, 1.82) is 0 Å². The average molecular weight is 331 g/mol. The zero-order chi connectivity index (χ0) is 17.1. The van der Waals surface area contributed by atoms with Crippen LogP contribution in [0.15, 0.2) is 6.20 Å². The van der Waals surface area contributed by atoms with Crippen molar-refractivity contribution in [3.63, 3.8) is 0 Å². The number of hydrogen-bond donors (Lipinski definition) is 1. The summed E-state index contributed by atoms with van der Waals surface area (Å²) in [5, 5.41) is 3.24. The van der Waals surface area contributed by atoms with E-state index in [4.69, 9.17) is 4.74 Å². The van der Waals surface area contributed by atoms with Crippen LogP contribution in [0.1, 0.15) is 48.9 Å². The number of nitrogens with one attached hydrogen (secondary N) is 1. The predicted octanol–water partition coefficient (Wildman–Crippen LogP) is 2.59. The minimum atomic E-state index is 0.278. The molecule has 0 unspecified atom stereocenters. The van der Waals surface area contributed by atoms with Crippen molar-refractivity contribution in [2.45, 2.75) is 58.5 Å². The van der Waals surface area contributed by atoms with Gasteiger partial charge in [0, 0.05) is 48.9 Å². The first-order valence-corrected chi connectivity index (χ1v) is 9.10. The number of hydrogen-bond acceptors (Lipinski definition) is 4. The predicted molar refractivity (Wildman–Crippen MR) is 94.0 cm³/mol. The lowest BCUT2D eigenvalue weighted by Gasteiger charge is -2.34. The van der Waals surface area contributed by atoms with Crippen LogP contribution >= 0.6 is 0 Å². The third-order valence-corrected chi connectivity index (χ3v) is 5.53. The van der Waals surface area contributed by atoms with Gasteiger partial charge in [0.25, 0.3) is 0 Å². The molecule has 2 fully saturated rings. The summed E-state index contributed by atoms with van der Waals surface area (Å²) in [5.41, 5.74) is 3.31. The number of aromatic nitrogens is 1. The highest BCUT2D eigenvalue weighted by molar-refractivity contribution is 5.79. The third-order valence-electron chi connectivity index (χ3n) is 5.53. The van der Waals surface area contributed by atoms with Gasteiger partial charge < -0.3 is 10.1 Å². The smallest absolute Gasteiger partial charge is 0.223 e. The molecule has 1 aliphatic heterocycles. The van der Waals surface area contributed by atoms with Crippen LogP contribution in [0.4, 0.5) is 0 Å². The zero-order valence-corrected chi connectivity index (χ0v) is 15.1. The summed E-state index contributed by atoms with van der Waals surface area (Å²) in [4.78, 5) is 19.1. The fourth-order valence-electron chi connectivity index (χ4n) is 3.67. The molecule has 0 aromatic carbocycles. The van der Waals surface area contributed by atoms with Crippen LogP contribution < -0.4 is 10.1 Å². The molecule has 2 aliphatic rings. The maximum Gasteiger partial charge on any atom is 0.223 e. The molecule has 3 rings (SSSR count). The number of methoxy groups -OCH3 is 1. The number of carbonyl (C=O) groups excluding carboxylic acids is 1. The van der Waals surface area contributed by atoms with Crippen LogP contribution in [-0.4, -0.2) is 42.0 Å². The molecule has 1 aromatic heterocycles. The van der Waals surface area contributed by atoms with Crippen molar-refractivity contribution in [3.05, 3.63) is 23.0 Å². The van der Waals surface area contributed by atoms with Gasteiger partial charge in [0.2, 0.25) is 5.91 Å². The van der Waals surface area contributed by atoms with Gasteiger partial charge in [-0.2, -0.15) is 0 Å². The molecule has 1 amide bonds. The van der Waals surface area contributed by atoms with Gasteiger partial charge in [0.1, 0.15) is 5.75 Å². The van der Waals surface area contributed by atoms with Crippen molar-refractivity contribution in [1.82, 2.24) is 15.2 Å². The Labute approximate surface area is 144 Å². The molecule has 132 valence electrons. The van der Waals surface area contributed by atoms with E-state index >= 15 is 0 Å². The quantitative estimate of drug-likeness (QED) is 0.901. The first kappa shape index (κ1) is 17.2. The molecule has 2 heterocycles. The van der Waals surface area contributed by atoms with Gasteiger partial charge in [-0.3, -0.25) is 14.7 Å². The Morgan fingerprint density at radius 2 is 2.00 bits per heavy atom. The summed E-state index contributed by atoms with van der Waals surface area (Å²) in [6.07, 6.45) is 7.31. The van der Waals surface area contributed by atoms with E-state index in [1.807, 2.05) is 13.1 Å². The van der Waals surface area contributed by atoms with E-state index in [0.29, 0.717) is 6.04 Å². The number of carbonyl (C=O) groups is 1. The molecule has 0 radical (unpaired) electrons. The van der Waals surface area contributed by atoms with Crippen LogP contribution in [0.5, 0.6) is 5.75 Å². The number of amides is 1. The minimum Gasteiger partial charge on any atom is -0.496 e. The normalized spacial score (nSPS) is 19.8. The van der Waals surface area contributed by atoms with E-state index in [2.05, 4.69) is 22.1 Å². The molecule has 1 aromatic rings. The number of piperidine rings is 1. The standard InChI is InChI=1S/C19H29N3O2/c1-13-11-20-17(14(2)18(13)24-3)12-22-9-7-16(8-10-22)21-19(23)15-5-4-6-15/h11,15-16H,4-10,12H2,1-3H3,(H,21,23). The fourth-order valence-corrected chi connectivity index (χ4v) is 3.67. The van der Waals surface area contributed by atoms with Gasteiger partial charge in [-0.15, -0.1) is 0 Å². The Hall–Kier alpha value is -1.62. The van der Waals surface area contributed by atoms with Gasteiger partial charge in [0.05, 0.1) is 12.8 Å². The van der Waals surface area contributed by atoms with Gasteiger partial charge >= 0.3 is 0 Å². The number of aryl methyl sites for hydroxylation is 1. The second-order valence-electron chi connectivity index (χ2n) is 7.23. The van der Waals surface area contributed by atoms with E-state index < -0.39 is 0 Å². The van der Waals surface area contributed by atoms with E-state index in [1.165, 1.54) is 6.42 Å². The molecule has 0 bridgehead atoms. The van der Waals surface area contributed by atoms with Crippen LogP contribution in [0.25, 0.3) is 0 Å². The fraction of sp³-hybridized carbons (Fsp3) is 0.684. The maximum atomic E-state index is 12.1. The van der Waals surface area contributed by atoms with Crippen molar-refractivity contribution in [2.24, 2.45) is 5.92 Å². The van der Waals surface area contributed by atoms with Crippen LogP contribution in [-0.2, 0) is 11.3 Å². The Morgan fingerprint density at radius 1 is 1.29 bits per heavy atom. The lowest BCUT2D eigenvalue weighted by molar-refractivity contribution is -0.128. The van der Waals surface area contributed by atoms with Crippen LogP contribution in [0.3, 0.4) is 0 Å². The van der Waals surface area contributed by atoms with Crippen LogP contribution in [0.2, 0.25) is 0 Å². The molecule has 5 nitrogen and oxygen atoms in total. The number of likely N-dealkylation sites (tertiary alicyclic amines) is 1. The molecular weight excluding hydrogens is 302 g/mol. The SMILES string of the molecule is COc1c(C)cnc(CN2CCC(NC(=O)C3CCC3)CC2)c1C. The highest BCUT2D eigenvalue weighted by atomic mass is 16.5. The molecule has 24 heavy (non-hydrogen) atoms.